The molecule has 4 heterocycles. The maximum absolute atomic E-state index is 13.5. The zero-order valence-corrected chi connectivity index (χ0v) is 21.4. The van der Waals surface area contributed by atoms with E-state index in [1.165, 1.54) is 11.3 Å². The molecule has 0 spiro atoms. The van der Waals surface area contributed by atoms with Crippen molar-refractivity contribution in [3.8, 4) is 11.5 Å². The first-order valence-electron chi connectivity index (χ1n) is 12.4. The van der Waals surface area contributed by atoms with Crippen LogP contribution in [-0.4, -0.2) is 36.1 Å². The SMILES string of the molecule is Cc1ccccc1Oc1ccc(N2C(=O)Nc3c(C(=O)NC4CCCNC4)sc4nccc2c34)c(C)c1. The monoisotopic (exact) mass is 513 g/mol. The number of benzene rings is 2. The van der Waals surface area contributed by atoms with Crippen LogP contribution >= 0.6 is 11.3 Å². The van der Waals surface area contributed by atoms with Crippen molar-refractivity contribution in [2.24, 2.45) is 0 Å². The molecule has 1 fully saturated rings. The van der Waals surface area contributed by atoms with Gasteiger partial charge in [-0.15, -0.1) is 11.3 Å². The number of thiophene rings is 1. The average Bonchev–Trinajstić information content (AvgIpc) is 3.27. The van der Waals surface area contributed by atoms with Gasteiger partial charge in [0, 0.05) is 18.8 Å². The average molecular weight is 514 g/mol. The number of carbonyl (C=O) groups is 2. The van der Waals surface area contributed by atoms with E-state index in [1.807, 2.05) is 62.4 Å². The molecule has 3 amide bonds. The van der Waals surface area contributed by atoms with Crippen LogP contribution in [0.4, 0.5) is 21.9 Å². The normalized spacial score (nSPS) is 17.0. The van der Waals surface area contributed by atoms with Gasteiger partial charge < -0.3 is 20.7 Å². The lowest BCUT2D eigenvalue weighted by Gasteiger charge is -2.30. The van der Waals surface area contributed by atoms with Crippen LogP contribution in [-0.2, 0) is 0 Å². The van der Waals surface area contributed by atoms with Crippen LogP contribution in [0.3, 0.4) is 0 Å². The quantitative estimate of drug-likeness (QED) is 0.310. The molecule has 0 aliphatic carbocycles. The minimum Gasteiger partial charge on any atom is -0.457 e. The van der Waals surface area contributed by atoms with Gasteiger partial charge in [0.15, 0.2) is 0 Å². The van der Waals surface area contributed by atoms with Gasteiger partial charge in [0.05, 0.1) is 22.4 Å². The summed E-state index contributed by atoms with van der Waals surface area (Å²) < 4.78 is 6.09. The Bertz CT molecular complexity index is 1530. The van der Waals surface area contributed by atoms with Gasteiger partial charge in [-0.05, 0) is 74.7 Å². The molecule has 2 aromatic heterocycles. The smallest absolute Gasteiger partial charge is 0.331 e. The number of anilines is 3. The van der Waals surface area contributed by atoms with E-state index in [1.54, 1.807) is 11.1 Å². The standard InChI is InChI=1S/C28H27N5O3S/c1-16-6-3-4-8-22(16)36-19-9-10-20(17(2)14-19)33-21-11-13-30-27-23(21)24(32-28(33)35)25(37-27)26(34)31-18-7-5-12-29-15-18/h3-4,6,8-11,13-14,18,29H,5,7,12,15H2,1-2H3,(H,31,34)(H,32,35). The van der Waals surface area contributed by atoms with Gasteiger partial charge in [-0.1, -0.05) is 18.2 Å². The van der Waals surface area contributed by atoms with E-state index in [0.717, 1.165) is 53.9 Å². The first-order chi connectivity index (χ1) is 18.0. The lowest BCUT2D eigenvalue weighted by atomic mass is 10.1. The fourth-order valence-corrected chi connectivity index (χ4v) is 5.97. The van der Waals surface area contributed by atoms with Crippen molar-refractivity contribution in [2.75, 3.05) is 23.3 Å². The van der Waals surface area contributed by atoms with E-state index in [0.29, 0.717) is 26.8 Å². The number of para-hydroxylation sites is 1. The van der Waals surface area contributed by atoms with Gasteiger partial charge in [0.1, 0.15) is 21.2 Å². The lowest BCUT2D eigenvalue weighted by Crippen LogP contribution is -2.45. The second kappa shape index (κ2) is 9.49. The molecule has 1 saturated heterocycles. The van der Waals surface area contributed by atoms with E-state index < -0.39 is 0 Å². The van der Waals surface area contributed by atoms with Crippen LogP contribution in [0.5, 0.6) is 11.5 Å². The first kappa shape index (κ1) is 23.4. The van der Waals surface area contributed by atoms with Crippen molar-refractivity contribution in [1.82, 2.24) is 15.6 Å². The lowest BCUT2D eigenvalue weighted by molar-refractivity contribution is 0.0935. The molecule has 6 rings (SSSR count). The van der Waals surface area contributed by atoms with Crippen LogP contribution in [0, 0.1) is 13.8 Å². The molecular formula is C28H27N5O3S. The van der Waals surface area contributed by atoms with E-state index >= 15 is 0 Å². The van der Waals surface area contributed by atoms with E-state index in [4.69, 9.17) is 4.74 Å². The number of rotatable bonds is 5. The summed E-state index contributed by atoms with van der Waals surface area (Å²) in [5.41, 5.74) is 3.89. The molecule has 1 unspecified atom stereocenters. The number of urea groups is 1. The van der Waals surface area contributed by atoms with Crippen LogP contribution in [0.15, 0.2) is 54.7 Å². The number of carbonyl (C=O) groups excluding carboxylic acids is 2. The van der Waals surface area contributed by atoms with Gasteiger partial charge in [0.25, 0.3) is 5.91 Å². The fraction of sp³-hybridized carbons (Fsp3) is 0.250. The molecule has 4 aromatic rings. The molecule has 1 atom stereocenters. The zero-order chi connectivity index (χ0) is 25.5. The Kier molecular flexibility index (Phi) is 6.02. The molecule has 37 heavy (non-hydrogen) atoms. The Morgan fingerprint density at radius 3 is 2.78 bits per heavy atom. The Balaban J connectivity index is 1.34. The van der Waals surface area contributed by atoms with E-state index in [-0.39, 0.29) is 18.0 Å². The van der Waals surface area contributed by atoms with Crippen molar-refractivity contribution < 1.29 is 14.3 Å². The predicted octanol–water partition coefficient (Wildman–Crippen LogP) is 5.87. The van der Waals surface area contributed by atoms with Crippen LogP contribution in [0.1, 0.15) is 33.6 Å². The highest BCUT2D eigenvalue weighted by Crippen LogP contribution is 2.46. The summed E-state index contributed by atoms with van der Waals surface area (Å²) in [6, 6.07) is 15.1. The van der Waals surface area contributed by atoms with Gasteiger partial charge in [-0.2, -0.15) is 0 Å². The molecule has 0 saturated carbocycles. The Labute approximate surface area is 218 Å². The third-order valence-electron chi connectivity index (χ3n) is 6.81. The fourth-order valence-electron chi connectivity index (χ4n) is 4.95. The third-order valence-corrected chi connectivity index (χ3v) is 7.91. The van der Waals surface area contributed by atoms with Crippen LogP contribution < -0.4 is 25.6 Å². The molecule has 2 aliphatic rings. The number of piperidine rings is 1. The van der Waals surface area contributed by atoms with E-state index in [2.05, 4.69) is 20.9 Å². The zero-order valence-electron chi connectivity index (χ0n) is 20.6. The first-order valence-corrected chi connectivity index (χ1v) is 13.2. The maximum Gasteiger partial charge on any atom is 0.331 e. The Morgan fingerprint density at radius 2 is 2.00 bits per heavy atom. The Hall–Kier alpha value is -3.95. The summed E-state index contributed by atoms with van der Waals surface area (Å²) in [5, 5.41) is 10.2. The molecule has 0 bridgehead atoms. The highest BCUT2D eigenvalue weighted by atomic mass is 32.1. The number of nitrogens with zero attached hydrogens (tertiary/aromatic N) is 2. The third kappa shape index (κ3) is 4.30. The summed E-state index contributed by atoms with van der Waals surface area (Å²) in [5.74, 6) is 1.31. The highest BCUT2D eigenvalue weighted by Gasteiger charge is 2.33. The van der Waals surface area contributed by atoms with Gasteiger partial charge in [0.2, 0.25) is 0 Å². The number of nitrogens with one attached hydrogen (secondary N) is 3. The van der Waals surface area contributed by atoms with Crippen molar-refractivity contribution >= 4 is 50.6 Å². The van der Waals surface area contributed by atoms with Crippen molar-refractivity contribution in [3.05, 3.63) is 70.7 Å². The topological polar surface area (TPSA) is 95.6 Å². The number of amides is 3. The summed E-state index contributed by atoms with van der Waals surface area (Å²) in [6.45, 7) is 5.67. The molecule has 2 aliphatic heterocycles. The van der Waals surface area contributed by atoms with Gasteiger partial charge in [-0.25, -0.2) is 9.78 Å². The number of hydrogen-bond donors (Lipinski definition) is 3. The predicted molar refractivity (Wildman–Crippen MR) is 147 cm³/mol. The molecular weight excluding hydrogens is 486 g/mol. The molecule has 2 aromatic carbocycles. The Morgan fingerprint density at radius 1 is 1.14 bits per heavy atom. The molecule has 0 radical (unpaired) electrons. The highest BCUT2D eigenvalue weighted by molar-refractivity contribution is 7.21. The van der Waals surface area contributed by atoms with Gasteiger partial charge >= 0.3 is 6.03 Å². The molecule has 188 valence electrons. The molecule has 9 heteroatoms. The number of pyridine rings is 1. The minimum atomic E-state index is -0.317. The largest absolute Gasteiger partial charge is 0.457 e. The van der Waals surface area contributed by atoms with Crippen LogP contribution in [0.25, 0.3) is 10.2 Å². The number of ether oxygens (including phenoxy) is 1. The second-order valence-electron chi connectivity index (χ2n) is 9.41. The summed E-state index contributed by atoms with van der Waals surface area (Å²) >= 11 is 1.30. The maximum atomic E-state index is 13.5. The number of hydrogen-bond acceptors (Lipinski definition) is 6. The molecule has 8 nitrogen and oxygen atoms in total. The second-order valence-corrected chi connectivity index (χ2v) is 10.4. The summed E-state index contributed by atoms with van der Waals surface area (Å²) in [7, 11) is 0. The summed E-state index contributed by atoms with van der Waals surface area (Å²) in [6.07, 6.45) is 3.64. The minimum absolute atomic E-state index is 0.0740. The van der Waals surface area contributed by atoms with E-state index in [9.17, 15) is 9.59 Å². The summed E-state index contributed by atoms with van der Waals surface area (Å²) in [4.78, 5) is 34.0. The molecule has 3 N–H and O–H groups in total. The van der Waals surface area contributed by atoms with Crippen molar-refractivity contribution in [3.63, 3.8) is 0 Å². The number of aromatic nitrogens is 1. The number of aryl methyl sites for hydroxylation is 2. The van der Waals surface area contributed by atoms with Crippen molar-refractivity contribution in [2.45, 2.75) is 32.7 Å². The van der Waals surface area contributed by atoms with Gasteiger partial charge in [-0.3, -0.25) is 9.69 Å². The van der Waals surface area contributed by atoms with Crippen molar-refractivity contribution in [1.29, 1.82) is 0 Å². The van der Waals surface area contributed by atoms with Crippen LogP contribution in [0.2, 0.25) is 0 Å².